The molecule has 0 atom stereocenters. The zero-order valence-corrected chi connectivity index (χ0v) is 19.0. The van der Waals surface area contributed by atoms with E-state index in [0.29, 0.717) is 25.0 Å². The first-order chi connectivity index (χ1) is 13.7. The minimum absolute atomic E-state index is 0.0542. The van der Waals surface area contributed by atoms with Gasteiger partial charge in [0.05, 0.1) is 5.75 Å². The molecule has 0 saturated carbocycles. The highest BCUT2D eigenvalue weighted by atomic mass is 32.2. The number of hydrogen-bond acceptors (Lipinski definition) is 4. The fourth-order valence-electron chi connectivity index (χ4n) is 4.85. The smallest absolute Gasteiger partial charge is 0.307 e. The van der Waals surface area contributed by atoms with Gasteiger partial charge in [-0.25, -0.2) is 17.9 Å². The van der Waals surface area contributed by atoms with Crippen LogP contribution in [0.5, 0.6) is 0 Å². The predicted octanol–water partition coefficient (Wildman–Crippen LogP) is 3.62. The summed E-state index contributed by atoms with van der Waals surface area (Å²) in [6.45, 7) is 9.12. The summed E-state index contributed by atoms with van der Waals surface area (Å²) >= 11 is 0. The number of carbonyl (C=O) groups excluding carboxylic acids is 1. The lowest BCUT2D eigenvalue weighted by molar-refractivity contribution is 0.176. The number of nitrogens with zero attached hydrogens (tertiary/aromatic N) is 1. The van der Waals surface area contributed by atoms with E-state index in [4.69, 9.17) is 0 Å². The SMILES string of the molecule is CC(C)N(CCCS(=O)(=O)NC(=O)Nc1c2c(cc3c1CCC3)CCC2)C(C)C. The van der Waals surface area contributed by atoms with Crippen LogP contribution in [0.2, 0.25) is 0 Å². The van der Waals surface area contributed by atoms with Gasteiger partial charge < -0.3 is 5.32 Å². The van der Waals surface area contributed by atoms with Crippen LogP contribution in [-0.2, 0) is 35.7 Å². The molecular formula is C22H35N3O3S. The van der Waals surface area contributed by atoms with Gasteiger partial charge in [0.1, 0.15) is 0 Å². The molecule has 2 N–H and O–H groups in total. The Kier molecular flexibility index (Phi) is 6.89. The largest absolute Gasteiger partial charge is 0.332 e. The summed E-state index contributed by atoms with van der Waals surface area (Å²) in [5.41, 5.74) is 5.88. The van der Waals surface area contributed by atoms with E-state index in [2.05, 4.69) is 48.7 Å². The molecule has 1 aromatic rings. The summed E-state index contributed by atoms with van der Waals surface area (Å²) in [6, 6.07) is 2.37. The maximum atomic E-state index is 12.5. The number of benzene rings is 1. The van der Waals surface area contributed by atoms with Crippen LogP contribution in [0.25, 0.3) is 0 Å². The Morgan fingerprint density at radius 3 is 2.07 bits per heavy atom. The van der Waals surface area contributed by atoms with Gasteiger partial charge in [0, 0.05) is 17.8 Å². The monoisotopic (exact) mass is 421 g/mol. The number of rotatable bonds is 8. The van der Waals surface area contributed by atoms with E-state index in [1.165, 1.54) is 22.3 Å². The lowest BCUT2D eigenvalue weighted by Crippen LogP contribution is -2.40. The Bertz CT molecular complexity index is 822. The summed E-state index contributed by atoms with van der Waals surface area (Å²) in [4.78, 5) is 14.8. The summed E-state index contributed by atoms with van der Waals surface area (Å²) in [6.07, 6.45) is 6.66. The number of urea groups is 1. The Morgan fingerprint density at radius 1 is 1.00 bits per heavy atom. The summed E-state index contributed by atoms with van der Waals surface area (Å²) in [5, 5.41) is 2.89. The Labute approximate surface area is 175 Å². The molecule has 0 aliphatic heterocycles. The van der Waals surface area contributed by atoms with Crippen molar-refractivity contribution in [2.75, 3.05) is 17.6 Å². The maximum Gasteiger partial charge on any atom is 0.332 e. The number of hydrogen-bond donors (Lipinski definition) is 2. The quantitative estimate of drug-likeness (QED) is 0.672. The van der Waals surface area contributed by atoms with E-state index in [1.807, 2.05) is 0 Å². The van der Waals surface area contributed by atoms with Gasteiger partial charge in [-0.2, -0.15) is 0 Å². The van der Waals surface area contributed by atoms with Crippen molar-refractivity contribution in [2.24, 2.45) is 0 Å². The second-order valence-corrected chi connectivity index (χ2v) is 10.7. The minimum atomic E-state index is -3.66. The van der Waals surface area contributed by atoms with Gasteiger partial charge in [-0.3, -0.25) is 4.90 Å². The van der Waals surface area contributed by atoms with Crippen LogP contribution in [0.15, 0.2) is 6.07 Å². The second kappa shape index (κ2) is 9.04. The van der Waals surface area contributed by atoms with Crippen molar-refractivity contribution in [1.82, 2.24) is 9.62 Å². The normalized spacial score (nSPS) is 15.8. The van der Waals surface area contributed by atoms with Gasteiger partial charge in [0.25, 0.3) is 0 Å². The third-order valence-electron chi connectivity index (χ3n) is 6.12. The number of fused-ring (bicyclic) bond motifs is 2. The highest BCUT2D eigenvalue weighted by Crippen LogP contribution is 2.38. The van der Waals surface area contributed by atoms with Crippen molar-refractivity contribution in [3.8, 4) is 0 Å². The fraction of sp³-hybridized carbons (Fsp3) is 0.682. The average molecular weight is 422 g/mol. The van der Waals surface area contributed by atoms with Crippen LogP contribution in [0.1, 0.15) is 69.2 Å². The third kappa shape index (κ3) is 5.31. The van der Waals surface area contributed by atoms with Crippen molar-refractivity contribution < 1.29 is 13.2 Å². The molecule has 0 bridgehead atoms. The number of amides is 2. The van der Waals surface area contributed by atoms with Crippen LogP contribution < -0.4 is 10.0 Å². The molecule has 0 spiro atoms. The number of nitrogens with one attached hydrogen (secondary N) is 2. The topological polar surface area (TPSA) is 78.5 Å². The van der Waals surface area contributed by atoms with E-state index < -0.39 is 16.1 Å². The molecule has 6 nitrogen and oxygen atoms in total. The van der Waals surface area contributed by atoms with Crippen molar-refractivity contribution in [3.05, 3.63) is 28.3 Å². The lowest BCUT2D eigenvalue weighted by Gasteiger charge is -2.30. The van der Waals surface area contributed by atoms with Crippen LogP contribution in [0.3, 0.4) is 0 Å². The predicted molar refractivity (Wildman–Crippen MR) is 118 cm³/mol. The first-order valence-electron chi connectivity index (χ1n) is 10.9. The van der Waals surface area contributed by atoms with Crippen LogP contribution in [0, 0.1) is 0 Å². The molecule has 2 amide bonds. The van der Waals surface area contributed by atoms with Crippen molar-refractivity contribution in [2.45, 2.75) is 84.7 Å². The van der Waals surface area contributed by atoms with E-state index in [9.17, 15) is 13.2 Å². The molecule has 29 heavy (non-hydrogen) atoms. The Hall–Kier alpha value is -1.60. The van der Waals surface area contributed by atoms with Crippen molar-refractivity contribution in [3.63, 3.8) is 0 Å². The highest BCUT2D eigenvalue weighted by molar-refractivity contribution is 7.90. The first kappa shape index (κ1) is 22.1. The van der Waals surface area contributed by atoms with Crippen LogP contribution in [-0.4, -0.2) is 43.7 Å². The van der Waals surface area contributed by atoms with Crippen molar-refractivity contribution >= 4 is 21.7 Å². The third-order valence-corrected chi connectivity index (χ3v) is 7.44. The zero-order valence-electron chi connectivity index (χ0n) is 18.2. The molecule has 0 unspecified atom stereocenters. The lowest BCUT2D eigenvalue weighted by atomic mass is 9.99. The van der Waals surface area contributed by atoms with Crippen LogP contribution in [0.4, 0.5) is 10.5 Å². The van der Waals surface area contributed by atoms with Crippen molar-refractivity contribution in [1.29, 1.82) is 0 Å². The number of aryl methyl sites for hydroxylation is 2. The van der Waals surface area contributed by atoms with E-state index in [0.717, 1.165) is 44.2 Å². The van der Waals surface area contributed by atoms with E-state index in [1.54, 1.807) is 0 Å². The maximum absolute atomic E-state index is 12.5. The van der Waals surface area contributed by atoms with Gasteiger partial charge in [-0.1, -0.05) is 6.07 Å². The zero-order chi connectivity index (χ0) is 21.2. The Balaban J connectivity index is 1.61. The molecule has 162 valence electrons. The summed E-state index contributed by atoms with van der Waals surface area (Å²) in [7, 11) is -3.66. The van der Waals surface area contributed by atoms with Gasteiger partial charge in [-0.05, 0) is 101 Å². The van der Waals surface area contributed by atoms with Gasteiger partial charge in [0.15, 0.2) is 0 Å². The van der Waals surface area contributed by atoms with E-state index in [-0.39, 0.29) is 5.75 Å². The molecule has 0 radical (unpaired) electrons. The second-order valence-electron chi connectivity index (χ2n) is 8.89. The minimum Gasteiger partial charge on any atom is -0.307 e. The molecule has 0 heterocycles. The molecule has 3 rings (SSSR count). The molecule has 0 fully saturated rings. The molecule has 7 heteroatoms. The standard InChI is InChI=1S/C22H35N3O3S/c1-15(2)25(16(3)4)12-7-13-29(27,28)24-22(26)23-21-19-10-5-8-17(19)14-18-9-6-11-20(18)21/h14-16H,5-13H2,1-4H3,(H2,23,24,26). The fourth-order valence-corrected chi connectivity index (χ4v) is 5.79. The summed E-state index contributed by atoms with van der Waals surface area (Å²) < 4.78 is 27.1. The highest BCUT2D eigenvalue weighted by Gasteiger charge is 2.26. The number of sulfonamides is 1. The molecule has 0 saturated heterocycles. The average Bonchev–Trinajstić information content (AvgIpc) is 3.26. The number of anilines is 1. The van der Waals surface area contributed by atoms with Crippen LogP contribution >= 0.6 is 0 Å². The molecule has 1 aromatic carbocycles. The first-order valence-corrected chi connectivity index (χ1v) is 12.6. The molecule has 2 aliphatic carbocycles. The van der Waals surface area contributed by atoms with Gasteiger partial charge >= 0.3 is 6.03 Å². The van der Waals surface area contributed by atoms with Gasteiger partial charge in [0.2, 0.25) is 10.0 Å². The Morgan fingerprint density at radius 2 is 1.55 bits per heavy atom. The number of carbonyl (C=O) groups is 1. The van der Waals surface area contributed by atoms with E-state index >= 15 is 0 Å². The summed E-state index contributed by atoms with van der Waals surface area (Å²) in [5.74, 6) is -0.0542. The molecule has 2 aliphatic rings. The molecule has 0 aromatic heterocycles. The van der Waals surface area contributed by atoms with Gasteiger partial charge in [-0.15, -0.1) is 0 Å². The molecular weight excluding hydrogens is 386 g/mol.